The van der Waals surface area contributed by atoms with Crippen LogP contribution in [-0.4, -0.2) is 23.2 Å². The van der Waals surface area contributed by atoms with E-state index in [0.29, 0.717) is 6.07 Å². The van der Waals surface area contributed by atoms with Crippen molar-refractivity contribution in [2.24, 2.45) is 5.18 Å². The van der Waals surface area contributed by atoms with Crippen molar-refractivity contribution < 1.29 is 36.6 Å². The van der Waals surface area contributed by atoms with Gasteiger partial charge < -0.3 is 15.2 Å². The summed E-state index contributed by atoms with van der Waals surface area (Å²) >= 11 is 0. The number of alkyl halides is 3. The minimum atomic E-state index is -4.88. The topological polar surface area (TPSA) is 88.0 Å². The van der Waals surface area contributed by atoms with E-state index >= 15 is 0 Å². The van der Waals surface area contributed by atoms with Crippen molar-refractivity contribution in [3.05, 3.63) is 52.2 Å². The minimum absolute atomic E-state index is 0.00717. The van der Waals surface area contributed by atoms with E-state index in [1.165, 1.54) is 0 Å². The number of nitrogens with one attached hydrogen (secondary N) is 1. The van der Waals surface area contributed by atoms with Crippen LogP contribution in [0.5, 0.6) is 0 Å². The molecule has 1 unspecified atom stereocenters. The number of anilines is 1. The molecule has 0 heterocycles. The summed E-state index contributed by atoms with van der Waals surface area (Å²) in [6, 6.07) is 2.28. The Morgan fingerprint density at radius 3 is 2.54 bits per heavy atom. The molecule has 0 aromatic heterocycles. The van der Waals surface area contributed by atoms with Gasteiger partial charge >= 0.3 is 6.18 Å². The lowest BCUT2D eigenvalue weighted by molar-refractivity contribution is -0.138. The Morgan fingerprint density at radius 1 is 1.29 bits per heavy atom. The lowest BCUT2D eigenvalue weighted by Crippen LogP contribution is -2.44. The van der Waals surface area contributed by atoms with Gasteiger partial charge in [-0.1, -0.05) is 0 Å². The highest BCUT2D eigenvalue weighted by atomic mass is 19.4. The molecular weight excluding hydrogens is 391 g/mol. The number of rotatable bonds is 6. The molecule has 2 N–H and O–H groups in total. The summed E-state index contributed by atoms with van der Waals surface area (Å²) in [5.41, 5.74) is -4.74. The number of amides is 1. The molecule has 2 rings (SSSR count). The van der Waals surface area contributed by atoms with Crippen molar-refractivity contribution in [1.82, 2.24) is 0 Å². The van der Waals surface area contributed by atoms with Crippen LogP contribution >= 0.6 is 0 Å². The maximum atomic E-state index is 13.2. The number of hydrogen-bond acceptors (Lipinski definition) is 5. The van der Waals surface area contributed by atoms with Crippen LogP contribution in [0.1, 0.15) is 25.3 Å². The van der Waals surface area contributed by atoms with Gasteiger partial charge in [-0.25, -0.2) is 8.78 Å². The molecule has 0 fully saturated rings. The van der Waals surface area contributed by atoms with Crippen LogP contribution in [0.4, 0.5) is 33.3 Å². The monoisotopic (exact) mass is 406 g/mol. The lowest BCUT2D eigenvalue weighted by atomic mass is 10.1. The molecule has 152 valence electrons. The molecule has 6 nitrogen and oxygen atoms in total. The first kappa shape index (κ1) is 21.5. The second kappa shape index (κ2) is 8.05. The van der Waals surface area contributed by atoms with Gasteiger partial charge in [-0.2, -0.15) is 13.2 Å². The summed E-state index contributed by atoms with van der Waals surface area (Å²) in [5, 5.41) is 14.5. The van der Waals surface area contributed by atoms with Crippen molar-refractivity contribution in [1.29, 1.82) is 0 Å². The average Bonchev–Trinajstić information content (AvgIpc) is 2.62. The largest absolute Gasteiger partial charge is 0.494 e. The predicted molar refractivity (Wildman–Crippen MR) is 88.7 cm³/mol. The quantitative estimate of drug-likeness (QED) is 0.532. The van der Waals surface area contributed by atoms with Gasteiger partial charge in [0.05, 0.1) is 11.3 Å². The van der Waals surface area contributed by atoms with Crippen molar-refractivity contribution >= 4 is 17.3 Å². The third kappa shape index (κ3) is 5.12. The van der Waals surface area contributed by atoms with Gasteiger partial charge in [0.15, 0.2) is 11.4 Å². The molecule has 1 aliphatic carbocycles. The number of carbonyl (C=O) groups is 1. The first-order valence-corrected chi connectivity index (χ1v) is 7.90. The highest BCUT2D eigenvalue weighted by Gasteiger charge is 2.36. The number of carbonyl (C=O) groups excluding carboxylic acids is 1. The van der Waals surface area contributed by atoms with Gasteiger partial charge in [-0.15, -0.1) is 4.91 Å². The Balaban J connectivity index is 2.09. The van der Waals surface area contributed by atoms with Crippen LogP contribution < -0.4 is 5.32 Å². The molecule has 28 heavy (non-hydrogen) atoms. The molecule has 0 bridgehead atoms. The predicted octanol–water partition coefficient (Wildman–Crippen LogP) is 4.64. The normalized spacial score (nSPS) is 16.9. The van der Waals surface area contributed by atoms with Crippen LogP contribution in [-0.2, 0) is 15.7 Å². The van der Waals surface area contributed by atoms with E-state index in [2.05, 4.69) is 10.5 Å². The van der Waals surface area contributed by atoms with Crippen LogP contribution in [0, 0.1) is 4.91 Å². The zero-order chi connectivity index (χ0) is 21.1. The Kier molecular flexibility index (Phi) is 6.17. The smallest absolute Gasteiger partial charge is 0.418 e. The maximum Gasteiger partial charge on any atom is 0.418 e. The molecule has 0 aliphatic heterocycles. The molecule has 0 radical (unpaired) electrons. The molecule has 0 spiro atoms. The number of benzene rings is 1. The van der Waals surface area contributed by atoms with E-state index in [-0.39, 0.29) is 24.3 Å². The van der Waals surface area contributed by atoms with E-state index in [1.54, 1.807) is 0 Å². The molecule has 1 aliphatic rings. The number of hydrogen-bond donors (Lipinski definition) is 2. The Hall–Kier alpha value is -2.82. The van der Waals surface area contributed by atoms with Crippen molar-refractivity contribution in [2.75, 3.05) is 11.9 Å². The van der Waals surface area contributed by atoms with Crippen molar-refractivity contribution in [2.45, 2.75) is 31.5 Å². The highest BCUT2D eigenvalue weighted by molar-refractivity contribution is 5.97. The van der Waals surface area contributed by atoms with Gasteiger partial charge in [0.25, 0.3) is 5.91 Å². The number of allylic oxidation sites excluding steroid dienone is 4. The highest BCUT2D eigenvalue weighted by Crippen LogP contribution is 2.38. The SMILES string of the molecule is CC(O)(COC1=CC(F)=C(F)CC1)C(=O)Nc1ccc(N=O)c(C(F)(F)F)c1. The van der Waals surface area contributed by atoms with Gasteiger partial charge in [-0.05, 0) is 30.3 Å². The molecular formula is C17H15F5N2O4. The zero-order valence-electron chi connectivity index (χ0n) is 14.4. The number of nitroso groups, excluding NO2 is 1. The molecule has 11 heteroatoms. The fourth-order valence-electron chi connectivity index (χ4n) is 2.24. The van der Waals surface area contributed by atoms with E-state index in [4.69, 9.17) is 4.74 Å². The Morgan fingerprint density at radius 2 is 1.96 bits per heavy atom. The summed E-state index contributed by atoms with van der Waals surface area (Å²) in [4.78, 5) is 22.7. The summed E-state index contributed by atoms with van der Waals surface area (Å²) in [6.07, 6.45) is -4.31. The number of nitrogens with zero attached hydrogens (tertiary/aromatic N) is 1. The number of ether oxygens (including phenoxy) is 1. The number of halogens is 5. The molecule has 1 atom stereocenters. The third-order valence-electron chi connectivity index (χ3n) is 3.82. The summed E-state index contributed by atoms with van der Waals surface area (Å²) < 4.78 is 70.0. The molecule has 1 aromatic carbocycles. The summed E-state index contributed by atoms with van der Waals surface area (Å²) in [5.74, 6) is -3.15. The van der Waals surface area contributed by atoms with Crippen molar-refractivity contribution in [3.63, 3.8) is 0 Å². The Bertz CT molecular complexity index is 846. The molecule has 0 saturated heterocycles. The second-order valence-corrected chi connectivity index (χ2v) is 6.20. The van der Waals surface area contributed by atoms with Crippen LogP contribution in [0.25, 0.3) is 0 Å². The maximum absolute atomic E-state index is 13.2. The van der Waals surface area contributed by atoms with E-state index < -0.39 is 47.2 Å². The van der Waals surface area contributed by atoms with Crippen LogP contribution in [0.15, 0.2) is 46.9 Å². The minimum Gasteiger partial charge on any atom is -0.494 e. The van der Waals surface area contributed by atoms with Gasteiger partial charge in [0.2, 0.25) is 0 Å². The standard InChI is InChI=1S/C17H15F5N2O4/c1-16(26,8-28-10-3-4-12(18)13(19)7-10)15(25)23-9-2-5-14(24-27)11(6-9)17(20,21)22/h2,5-7,26H,3-4,8H2,1H3,(H,23,25). The second-order valence-electron chi connectivity index (χ2n) is 6.20. The first-order valence-electron chi connectivity index (χ1n) is 7.90. The van der Waals surface area contributed by atoms with E-state index in [1.807, 2.05) is 0 Å². The van der Waals surface area contributed by atoms with E-state index in [9.17, 15) is 36.8 Å². The van der Waals surface area contributed by atoms with Crippen molar-refractivity contribution in [3.8, 4) is 0 Å². The van der Waals surface area contributed by atoms with Gasteiger partial charge in [-0.3, -0.25) is 4.79 Å². The third-order valence-corrected chi connectivity index (χ3v) is 3.82. The lowest BCUT2D eigenvalue weighted by Gasteiger charge is -2.24. The molecule has 1 amide bonds. The van der Waals surface area contributed by atoms with Gasteiger partial charge in [0, 0.05) is 24.6 Å². The molecule has 0 saturated carbocycles. The first-order chi connectivity index (χ1) is 12.9. The van der Waals surface area contributed by atoms with Crippen LogP contribution in [0.2, 0.25) is 0 Å². The summed E-state index contributed by atoms with van der Waals surface area (Å²) in [6.45, 7) is 0.379. The molecule has 1 aromatic rings. The van der Waals surface area contributed by atoms with Crippen LogP contribution in [0.3, 0.4) is 0 Å². The van der Waals surface area contributed by atoms with E-state index in [0.717, 1.165) is 25.1 Å². The average molecular weight is 406 g/mol. The Labute approximate surface area is 155 Å². The summed E-state index contributed by atoms with van der Waals surface area (Å²) in [7, 11) is 0. The fraction of sp³-hybridized carbons (Fsp3) is 0.353. The zero-order valence-corrected chi connectivity index (χ0v) is 14.4. The number of aliphatic hydroxyl groups is 1. The van der Waals surface area contributed by atoms with Gasteiger partial charge in [0.1, 0.15) is 18.1 Å². The fourth-order valence-corrected chi connectivity index (χ4v) is 2.24.